The molecule has 0 amide bonds. The Bertz CT molecular complexity index is 907. The number of aromatic nitrogens is 1. The normalized spacial score (nSPS) is 11.7. The van der Waals surface area contributed by atoms with E-state index in [0.717, 1.165) is 22.2 Å². The fraction of sp³-hybridized carbons (Fsp3) is 0. The van der Waals surface area contributed by atoms with Gasteiger partial charge in [-0.05, 0) is 24.3 Å². The predicted octanol–water partition coefficient (Wildman–Crippen LogP) is 2.98. The van der Waals surface area contributed by atoms with Gasteiger partial charge in [0.2, 0.25) is 0 Å². The first kappa shape index (κ1) is 16.2. The van der Waals surface area contributed by atoms with Gasteiger partial charge in [0.1, 0.15) is 4.90 Å². The van der Waals surface area contributed by atoms with Crippen LogP contribution in [-0.4, -0.2) is 18.6 Å². The van der Waals surface area contributed by atoms with Crippen molar-refractivity contribution in [2.75, 3.05) is 5.23 Å². The largest absolute Gasteiger partial charge is 0.733 e. The molecule has 0 atom stereocenters. The second-order valence-corrected chi connectivity index (χ2v) is 8.37. The molecule has 7 nitrogen and oxygen atoms in total. The molecule has 0 aliphatic carbocycles. The quantitative estimate of drug-likeness (QED) is 0.527. The number of hydrogen-bond donors (Lipinski definition) is 2. The maximum Gasteiger partial charge on any atom is 0.252 e. The predicted molar refractivity (Wildman–Crippen MR) is 89.9 cm³/mol. The third kappa shape index (κ3) is 3.47. The fourth-order valence-electron chi connectivity index (χ4n) is 1.87. The Morgan fingerprint density at radius 2 is 1.87 bits per heavy atom. The van der Waals surface area contributed by atoms with E-state index in [0.29, 0.717) is 4.34 Å². The van der Waals surface area contributed by atoms with Crippen LogP contribution in [-0.2, 0) is 10.0 Å². The second-order valence-electron chi connectivity index (χ2n) is 4.38. The number of nitrogens with zero attached hydrogens (tertiary/aromatic N) is 2. The molecule has 2 N–H and O–H groups in total. The minimum Gasteiger partial charge on any atom is -0.733 e. The first-order valence-corrected chi connectivity index (χ1v) is 9.38. The molecule has 10 heteroatoms. The van der Waals surface area contributed by atoms with Gasteiger partial charge in [-0.3, -0.25) is 5.21 Å². The van der Waals surface area contributed by atoms with Crippen molar-refractivity contribution in [3.8, 4) is 0 Å². The van der Waals surface area contributed by atoms with Crippen LogP contribution >= 0.6 is 23.3 Å². The Kier molecular flexibility index (Phi) is 4.53. The van der Waals surface area contributed by atoms with E-state index < -0.39 is 15.2 Å². The van der Waals surface area contributed by atoms with E-state index in [1.54, 1.807) is 0 Å². The van der Waals surface area contributed by atoms with Crippen LogP contribution in [0.1, 0.15) is 0 Å². The van der Waals surface area contributed by atoms with E-state index in [1.165, 1.54) is 35.6 Å². The number of para-hydroxylation sites is 2. The summed E-state index contributed by atoms with van der Waals surface area (Å²) in [5, 5.41) is 19.6. The zero-order valence-corrected chi connectivity index (χ0v) is 13.9. The number of thiazole rings is 1. The van der Waals surface area contributed by atoms with Gasteiger partial charge in [-0.25, -0.2) is 13.4 Å². The standard InChI is InChI=1S/C13H10N3O4S3/c17-16(18)10-6-2-4-8-12(10)23(19,20)15-22-13-14-9-5-1-3-7-11(9)21-13/h1-8,15,17H/q-1. The molecule has 2 aromatic carbocycles. The molecule has 3 rings (SSSR count). The zero-order valence-electron chi connectivity index (χ0n) is 11.4. The molecule has 1 aromatic heterocycles. The number of anilines is 1. The Morgan fingerprint density at radius 3 is 2.61 bits per heavy atom. The number of fused-ring (bicyclic) bond motifs is 1. The van der Waals surface area contributed by atoms with Crippen molar-refractivity contribution < 1.29 is 13.6 Å². The number of benzene rings is 2. The molecular formula is C13H10N3O4S3-. The second kappa shape index (κ2) is 6.43. The van der Waals surface area contributed by atoms with E-state index in [1.807, 2.05) is 24.3 Å². The van der Waals surface area contributed by atoms with Crippen molar-refractivity contribution >= 4 is 49.2 Å². The highest BCUT2D eigenvalue weighted by Crippen LogP contribution is 2.30. The van der Waals surface area contributed by atoms with Gasteiger partial charge in [0.25, 0.3) is 10.0 Å². The maximum absolute atomic E-state index is 12.3. The van der Waals surface area contributed by atoms with E-state index in [2.05, 4.69) is 9.11 Å². The van der Waals surface area contributed by atoms with Crippen LogP contribution in [0.5, 0.6) is 0 Å². The monoisotopic (exact) mass is 368 g/mol. The van der Waals surface area contributed by atoms with Crippen LogP contribution < -0.4 is 9.35 Å². The van der Waals surface area contributed by atoms with Gasteiger partial charge in [0.05, 0.1) is 15.9 Å². The number of hydrogen-bond acceptors (Lipinski definition) is 8. The molecule has 120 valence electrons. The average Bonchev–Trinajstić information content (AvgIpc) is 2.96. The lowest BCUT2D eigenvalue weighted by Gasteiger charge is -2.24. The molecule has 0 fully saturated rings. The van der Waals surface area contributed by atoms with Crippen molar-refractivity contribution in [3.05, 3.63) is 53.7 Å². The lowest BCUT2D eigenvalue weighted by Crippen LogP contribution is -2.20. The summed E-state index contributed by atoms with van der Waals surface area (Å²) >= 11 is 2.18. The smallest absolute Gasteiger partial charge is 0.252 e. The third-order valence-corrected chi connectivity index (χ3v) is 6.61. The van der Waals surface area contributed by atoms with Crippen molar-refractivity contribution in [2.24, 2.45) is 0 Å². The van der Waals surface area contributed by atoms with Gasteiger partial charge in [0.15, 0.2) is 4.34 Å². The van der Waals surface area contributed by atoms with Crippen LogP contribution in [0.15, 0.2) is 57.8 Å². The molecule has 0 radical (unpaired) electrons. The summed E-state index contributed by atoms with van der Waals surface area (Å²) in [7, 11) is -3.99. The molecule has 0 bridgehead atoms. The van der Waals surface area contributed by atoms with Gasteiger partial charge in [0, 0.05) is 11.9 Å². The van der Waals surface area contributed by atoms with Crippen LogP contribution in [0.2, 0.25) is 0 Å². The lowest BCUT2D eigenvalue weighted by atomic mass is 10.3. The summed E-state index contributed by atoms with van der Waals surface area (Å²) < 4.78 is 28.4. The molecule has 0 unspecified atom stereocenters. The number of nitrogens with one attached hydrogen (secondary N) is 1. The van der Waals surface area contributed by atoms with Crippen LogP contribution in [0, 0.1) is 5.21 Å². The van der Waals surface area contributed by atoms with Crippen molar-refractivity contribution in [1.29, 1.82) is 0 Å². The maximum atomic E-state index is 12.3. The summed E-state index contributed by atoms with van der Waals surface area (Å²) in [4.78, 5) is 3.99. The zero-order chi connectivity index (χ0) is 16.4. The van der Waals surface area contributed by atoms with Gasteiger partial charge in [-0.15, -0.1) is 15.5 Å². The highest BCUT2D eigenvalue weighted by molar-refractivity contribution is 8.10. The van der Waals surface area contributed by atoms with Gasteiger partial charge in [-0.2, -0.15) is 0 Å². The Hall–Kier alpha value is -1.69. The average molecular weight is 368 g/mol. The Morgan fingerprint density at radius 1 is 1.17 bits per heavy atom. The molecular weight excluding hydrogens is 358 g/mol. The molecule has 0 saturated carbocycles. The fourth-order valence-corrected chi connectivity index (χ4v) is 5.22. The molecule has 0 aliphatic rings. The molecule has 0 spiro atoms. The minimum atomic E-state index is -3.99. The Labute approximate surface area is 140 Å². The van der Waals surface area contributed by atoms with Crippen molar-refractivity contribution in [1.82, 2.24) is 9.11 Å². The van der Waals surface area contributed by atoms with E-state index in [4.69, 9.17) is 5.21 Å². The number of sulfonamides is 1. The Balaban J connectivity index is 1.84. The van der Waals surface area contributed by atoms with E-state index in [-0.39, 0.29) is 10.6 Å². The lowest BCUT2D eigenvalue weighted by molar-refractivity contribution is 0.294. The minimum absolute atomic E-state index is 0.314. The van der Waals surface area contributed by atoms with Crippen molar-refractivity contribution in [3.63, 3.8) is 0 Å². The van der Waals surface area contributed by atoms with Gasteiger partial charge >= 0.3 is 0 Å². The molecule has 1 heterocycles. The van der Waals surface area contributed by atoms with E-state index >= 15 is 0 Å². The molecule has 23 heavy (non-hydrogen) atoms. The highest BCUT2D eigenvalue weighted by Gasteiger charge is 2.20. The van der Waals surface area contributed by atoms with Crippen LogP contribution in [0.4, 0.5) is 5.69 Å². The van der Waals surface area contributed by atoms with Crippen molar-refractivity contribution in [2.45, 2.75) is 9.24 Å². The highest BCUT2D eigenvalue weighted by atomic mass is 32.3. The molecule has 3 aromatic rings. The number of rotatable bonds is 5. The van der Waals surface area contributed by atoms with Crippen LogP contribution in [0.3, 0.4) is 0 Å². The van der Waals surface area contributed by atoms with Crippen LogP contribution in [0.25, 0.3) is 10.2 Å². The summed E-state index contributed by atoms with van der Waals surface area (Å²) in [6.45, 7) is 0. The first-order chi connectivity index (χ1) is 11.0. The molecule has 0 saturated heterocycles. The summed E-state index contributed by atoms with van der Waals surface area (Å²) in [6, 6.07) is 12.8. The summed E-state index contributed by atoms with van der Waals surface area (Å²) in [5.74, 6) is 0. The SMILES string of the molecule is O=S(=O)(NSc1nc2ccccc2s1)c1ccccc1N([O-])O. The first-order valence-electron chi connectivity index (χ1n) is 6.27. The summed E-state index contributed by atoms with van der Waals surface area (Å²) in [5.41, 5.74) is 0.422. The summed E-state index contributed by atoms with van der Waals surface area (Å²) in [6.07, 6.45) is 0. The molecule has 0 aliphatic heterocycles. The van der Waals surface area contributed by atoms with Gasteiger partial charge in [-0.1, -0.05) is 24.3 Å². The topological polar surface area (TPSA) is 106 Å². The third-order valence-electron chi connectivity index (χ3n) is 2.87. The van der Waals surface area contributed by atoms with E-state index in [9.17, 15) is 13.6 Å². The van der Waals surface area contributed by atoms with Gasteiger partial charge < -0.3 is 10.4 Å².